The van der Waals surface area contributed by atoms with Crippen molar-refractivity contribution >= 4 is 16.1 Å². The minimum atomic E-state index is -1.31. The molecule has 96 valence electrons. The Morgan fingerprint density at radius 3 is 1.75 bits per heavy atom. The van der Waals surface area contributed by atoms with Crippen LogP contribution in [0.3, 0.4) is 0 Å². The molecule has 0 spiro atoms. The smallest absolute Gasteiger partial charge is 0.0855 e. The van der Waals surface area contributed by atoms with Crippen LogP contribution in [0.1, 0.15) is 27.7 Å². The van der Waals surface area contributed by atoms with Crippen molar-refractivity contribution in [2.75, 3.05) is 6.54 Å². The highest BCUT2D eigenvalue weighted by atomic mass is 28.4. The Morgan fingerprint density at radius 1 is 1.06 bits per heavy atom. The molecule has 0 aliphatic heterocycles. The lowest BCUT2D eigenvalue weighted by molar-refractivity contribution is 0.744. The van der Waals surface area contributed by atoms with Crippen molar-refractivity contribution in [3.05, 3.63) is 12.3 Å². The molecular formula is C13H31NSi2. The molecule has 1 unspecified atom stereocenters. The van der Waals surface area contributed by atoms with E-state index >= 15 is 0 Å². The standard InChI is InChI=1S/C13H31NSi2/c1-8-14-13(15(6,7)9-2)16(10-3,11-4)12-5/h9,13-14H,2,8,10-12H2,1,3-7H3. The van der Waals surface area contributed by atoms with Gasteiger partial charge in [0.1, 0.15) is 0 Å². The Morgan fingerprint density at radius 2 is 1.50 bits per heavy atom. The summed E-state index contributed by atoms with van der Waals surface area (Å²) in [4.78, 5) is 0. The quantitative estimate of drug-likeness (QED) is 0.649. The van der Waals surface area contributed by atoms with Gasteiger partial charge in [-0.2, -0.15) is 0 Å². The van der Waals surface area contributed by atoms with Crippen LogP contribution < -0.4 is 5.32 Å². The number of hydrogen-bond donors (Lipinski definition) is 1. The third-order valence-corrected chi connectivity index (χ3v) is 16.9. The fraction of sp³-hybridized carbons (Fsp3) is 0.846. The Balaban J connectivity index is 5.21. The summed E-state index contributed by atoms with van der Waals surface area (Å²) in [5.41, 5.74) is 2.28. The second kappa shape index (κ2) is 6.77. The predicted molar refractivity (Wildman–Crippen MR) is 82.3 cm³/mol. The first kappa shape index (κ1) is 16.1. The van der Waals surface area contributed by atoms with E-state index in [1.807, 2.05) is 0 Å². The highest BCUT2D eigenvalue weighted by molar-refractivity contribution is 7.00. The molecule has 0 aromatic carbocycles. The Kier molecular flexibility index (Phi) is 6.83. The maximum atomic E-state index is 4.10. The minimum Gasteiger partial charge on any atom is -0.319 e. The lowest BCUT2D eigenvalue weighted by Crippen LogP contribution is -2.65. The highest BCUT2D eigenvalue weighted by Gasteiger charge is 2.44. The van der Waals surface area contributed by atoms with Crippen molar-refractivity contribution in [3.8, 4) is 0 Å². The molecule has 0 saturated carbocycles. The van der Waals surface area contributed by atoms with Crippen molar-refractivity contribution in [2.24, 2.45) is 0 Å². The topological polar surface area (TPSA) is 12.0 Å². The molecule has 16 heavy (non-hydrogen) atoms. The molecule has 0 aliphatic rings. The number of rotatable bonds is 8. The number of hydrogen-bond acceptors (Lipinski definition) is 1. The zero-order chi connectivity index (χ0) is 12.8. The van der Waals surface area contributed by atoms with Gasteiger partial charge in [0.2, 0.25) is 0 Å². The second-order valence-corrected chi connectivity index (χ2v) is 16.1. The molecule has 0 radical (unpaired) electrons. The molecule has 1 N–H and O–H groups in total. The summed E-state index contributed by atoms with van der Waals surface area (Å²) in [6.07, 6.45) is 0. The molecule has 0 aromatic rings. The lowest BCUT2D eigenvalue weighted by Gasteiger charge is -2.44. The number of nitrogens with one attached hydrogen (secondary N) is 1. The van der Waals surface area contributed by atoms with Crippen LogP contribution >= 0.6 is 0 Å². The molecule has 0 saturated heterocycles. The molecule has 0 fully saturated rings. The third kappa shape index (κ3) is 3.31. The molecule has 0 heterocycles. The van der Waals surface area contributed by atoms with Crippen LogP contribution in [0.2, 0.25) is 31.2 Å². The monoisotopic (exact) mass is 257 g/mol. The van der Waals surface area contributed by atoms with E-state index in [0.717, 1.165) is 11.8 Å². The Hall–Kier alpha value is 0.134. The molecule has 0 aromatic heterocycles. The van der Waals surface area contributed by atoms with Crippen LogP contribution in [0.15, 0.2) is 12.3 Å². The highest BCUT2D eigenvalue weighted by Crippen LogP contribution is 2.30. The summed E-state index contributed by atoms with van der Waals surface area (Å²) < 4.78 is 0. The lowest BCUT2D eigenvalue weighted by atomic mass is 10.8. The molecule has 0 aliphatic carbocycles. The molecule has 0 bridgehead atoms. The Bertz CT molecular complexity index is 202. The largest absolute Gasteiger partial charge is 0.319 e. The van der Waals surface area contributed by atoms with Crippen molar-refractivity contribution in [1.82, 2.24) is 5.32 Å². The average molecular weight is 258 g/mol. The molecule has 0 amide bonds. The van der Waals surface area contributed by atoms with Crippen LogP contribution in [0.25, 0.3) is 0 Å². The normalized spacial score (nSPS) is 14.9. The van der Waals surface area contributed by atoms with Crippen molar-refractivity contribution in [1.29, 1.82) is 0 Å². The predicted octanol–water partition coefficient (Wildman–Crippen LogP) is 3.99. The summed E-state index contributed by atoms with van der Waals surface area (Å²) in [6.45, 7) is 19.6. The van der Waals surface area contributed by atoms with Gasteiger partial charge in [-0.15, -0.1) is 12.3 Å². The van der Waals surface area contributed by atoms with E-state index in [1.165, 1.54) is 18.1 Å². The van der Waals surface area contributed by atoms with E-state index in [4.69, 9.17) is 0 Å². The van der Waals surface area contributed by atoms with E-state index in [-0.39, 0.29) is 0 Å². The summed E-state index contributed by atoms with van der Waals surface area (Å²) in [7, 11) is -2.46. The van der Waals surface area contributed by atoms with Gasteiger partial charge in [0, 0.05) is 0 Å². The van der Waals surface area contributed by atoms with E-state index in [0.29, 0.717) is 0 Å². The summed E-state index contributed by atoms with van der Waals surface area (Å²) in [5, 5.41) is 4.61. The van der Waals surface area contributed by atoms with Crippen molar-refractivity contribution in [3.63, 3.8) is 0 Å². The van der Waals surface area contributed by atoms with Crippen molar-refractivity contribution < 1.29 is 0 Å². The van der Waals surface area contributed by atoms with Gasteiger partial charge in [-0.05, 0) is 11.8 Å². The third-order valence-electron chi connectivity index (χ3n) is 4.40. The van der Waals surface area contributed by atoms with Crippen LogP contribution in [-0.4, -0.2) is 28.0 Å². The molecular weight excluding hydrogens is 226 g/mol. The van der Waals surface area contributed by atoms with Crippen LogP contribution in [0, 0.1) is 0 Å². The molecule has 3 heteroatoms. The summed E-state index contributed by atoms with van der Waals surface area (Å²) >= 11 is 0. The van der Waals surface area contributed by atoms with Gasteiger partial charge < -0.3 is 5.32 Å². The summed E-state index contributed by atoms with van der Waals surface area (Å²) in [5.74, 6) is 0. The van der Waals surface area contributed by atoms with Gasteiger partial charge >= 0.3 is 0 Å². The first-order valence-electron chi connectivity index (χ1n) is 6.81. The minimum absolute atomic E-state index is 0.794. The summed E-state index contributed by atoms with van der Waals surface area (Å²) in [6, 6.07) is 4.21. The van der Waals surface area contributed by atoms with Crippen LogP contribution in [0.4, 0.5) is 0 Å². The zero-order valence-corrected chi connectivity index (χ0v) is 14.2. The first-order valence-corrected chi connectivity index (χ1v) is 12.7. The van der Waals surface area contributed by atoms with Gasteiger partial charge in [-0.25, -0.2) is 0 Å². The van der Waals surface area contributed by atoms with E-state index in [1.54, 1.807) is 0 Å². The van der Waals surface area contributed by atoms with Crippen LogP contribution in [0.5, 0.6) is 0 Å². The molecule has 1 atom stereocenters. The first-order chi connectivity index (χ1) is 7.44. The van der Waals surface area contributed by atoms with E-state index in [2.05, 4.69) is 58.4 Å². The Labute approximate surface area is 105 Å². The van der Waals surface area contributed by atoms with E-state index in [9.17, 15) is 0 Å². The zero-order valence-electron chi connectivity index (χ0n) is 12.2. The SMILES string of the molecule is C=C[Si](C)(C)C(NCC)[Si](CC)(CC)CC. The van der Waals surface area contributed by atoms with Gasteiger partial charge in [0.25, 0.3) is 0 Å². The maximum Gasteiger partial charge on any atom is 0.0855 e. The molecule has 1 nitrogen and oxygen atoms in total. The van der Waals surface area contributed by atoms with Gasteiger partial charge in [-0.3, -0.25) is 0 Å². The van der Waals surface area contributed by atoms with Gasteiger partial charge in [0.05, 0.1) is 16.1 Å². The maximum absolute atomic E-state index is 4.10. The van der Waals surface area contributed by atoms with Gasteiger partial charge in [0.15, 0.2) is 0 Å². The fourth-order valence-corrected chi connectivity index (χ4v) is 15.8. The fourth-order valence-electron chi connectivity index (χ4n) is 2.95. The second-order valence-electron chi connectivity index (χ2n) is 5.44. The van der Waals surface area contributed by atoms with Crippen LogP contribution in [-0.2, 0) is 0 Å². The van der Waals surface area contributed by atoms with Crippen molar-refractivity contribution in [2.45, 2.75) is 64.2 Å². The van der Waals surface area contributed by atoms with E-state index < -0.39 is 16.1 Å². The average Bonchev–Trinajstić information content (AvgIpc) is 2.30. The molecule has 0 rings (SSSR count). The van der Waals surface area contributed by atoms with Gasteiger partial charge in [-0.1, -0.05) is 58.9 Å².